The van der Waals surface area contributed by atoms with E-state index in [0.29, 0.717) is 5.92 Å². The Morgan fingerprint density at radius 1 is 1.12 bits per heavy atom. The number of nitrogens with one attached hydrogen (secondary N) is 1. The number of benzene rings is 1. The van der Waals surface area contributed by atoms with E-state index >= 15 is 0 Å². The van der Waals surface area contributed by atoms with E-state index in [0.717, 1.165) is 53.4 Å². The molecule has 0 unspecified atom stereocenters. The first-order valence-electron chi connectivity index (χ1n) is 11.1. The number of pyridine rings is 1. The van der Waals surface area contributed by atoms with Gasteiger partial charge in [-0.25, -0.2) is 9.97 Å². The Hall–Kier alpha value is -3.54. The SMILES string of the molecule is Cc1nc(-c2ccc(=O)[nH]c2)c2c(n1)[C@@]1(c3ccccc3)Cc3cnoc3[C@@H](C)[C@@H]1CC2. The highest BCUT2D eigenvalue weighted by atomic mass is 16.5. The van der Waals surface area contributed by atoms with E-state index in [1.54, 1.807) is 12.3 Å². The highest BCUT2D eigenvalue weighted by Crippen LogP contribution is 2.57. The Bertz CT molecular complexity index is 1350. The molecule has 6 nitrogen and oxygen atoms in total. The molecule has 4 aromatic rings. The predicted octanol–water partition coefficient (Wildman–Crippen LogP) is 4.34. The molecule has 3 heterocycles. The van der Waals surface area contributed by atoms with Crippen LogP contribution in [-0.2, 0) is 18.3 Å². The van der Waals surface area contributed by atoms with Crippen LogP contribution in [-0.4, -0.2) is 20.1 Å². The monoisotopic (exact) mass is 424 g/mol. The van der Waals surface area contributed by atoms with E-state index in [9.17, 15) is 4.79 Å². The van der Waals surface area contributed by atoms with Crippen LogP contribution in [0.5, 0.6) is 0 Å². The summed E-state index contributed by atoms with van der Waals surface area (Å²) >= 11 is 0. The summed E-state index contributed by atoms with van der Waals surface area (Å²) in [6.45, 7) is 4.21. The van der Waals surface area contributed by atoms with Crippen molar-refractivity contribution in [2.75, 3.05) is 0 Å². The first kappa shape index (κ1) is 19.2. The summed E-state index contributed by atoms with van der Waals surface area (Å²) in [6.07, 6.45) is 6.33. The maximum Gasteiger partial charge on any atom is 0.247 e. The van der Waals surface area contributed by atoms with Gasteiger partial charge in [0.05, 0.1) is 17.6 Å². The summed E-state index contributed by atoms with van der Waals surface area (Å²) in [7, 11) is 0. The minimum atomic E-state index is -0.280. The molecule has 0 spiro atoms. The standard InChI is InChI=1S/C26H24N4O2/c1-15-21-10-9-20-23(17-8-11-22(31)27-13-17)29-16(2)30-25(20)26(21,19-6-4-3-5-7-19)12-18-14-28-32-24(15)18/h3-8,11,13-15,21H,9-10,12H2,1-2H3,(H,27,31)/t15-,21-,26+/m0/s1. The van der Waals surface area contributed by atoms with Crippen molar-refractivity contribution in [2.24, 2.45) is 5.92 Å². The largest absolute Gasteiger partial charge is 0.361 e. The van der Waals surface area contributed by atoms with Gasteiger partial charge in [0.15, 0.2) is 0 Å². The molecule has 0 amide bonds. The molecule has 3 atom stereocenters. The lowest BCUT2D eigenvalue weighted by Crippen LogP contribution is -2.48. The van der Waals surface area contributed by atoms with E-state index in [1.807, 2.05) is 19.2 Å². The van der Waals surface area contributed by atoms with Gasteiger partial charge in [-0.1, -0.05) is 42.4 Å². The van der Waals surface area contributed by atoms with Gasteiger partial charge in [0, 0.05) is 40.3 Å². The average Bonchev–Trinajstić information content (AvgIpc) is 3.28. The van der Waals surface area contributed by atoms with Gasteiger partial charge < -0.3 is 9.51 Å². The highest BCUT2D eigenvalue weighted by Gasteiger charge is 2.54. The van der Waals surface area contributed by atoms with Crippen molar-refractivity contribution in [3.8, 4) is 11.3 Å². The fourth-order valence-corrected chi connectivity index (χ4v) is 6.06. The molecule has 160 valence electrons. The van der Waals surface area contributed by atoms with Gasteiger partial charge in [0.2, 0.25) is 5.56 Å². The van der Waals surface area contributed by atoms with Gasteiger partial charge in [0.1, 0.15) is 11.6 Å². The number of aromatic nitrogens is 4. The summed E-state index contributed by atoms with van der Waals surface area (Å²) < 4.78 is 5.70. The van der Waals surface area contributed by atoms with Crippen molar-refractivity contribution in [1.29, 1.82) is 0 Å². The van der Waals surface area contributed by atoms with Gasteiger partial charge >= 0.3 is 0 Å². The van der Waals surface area contributed by atoms with Crippen LogP contribution in [0.25, 0.3) is 11.3 Å². The number of aromatic amines is 1. The Kier molecular flexibility index (Phi) is 4.18. The molecule has 3 aromatic heterocycles. The van der Waals surface area contributed by atoms with Crippen LogP contribution >= 0.6 is 0 Å². The first-order valence-corrected chi connectivity index (χ1v) is 11.1. The van der Waals surface area contributed by atoms with Gasteiger partial charge in [-0.2, -0.15) is 0 Å². The molecular formula is C26H24N4O2. The van der Waals surface area contributed by atoms with Gasteiger partial charge in [-0.3, -0.25) is 4.79 Å². The van der Waals surface area contributed by atoms with E-state index < -0.39 is 0 Å². The summed E-state index contributed by atoms with van der Waals surface area (Å²) in [5.41, 5.74) is 6.15. The molecule has 0 saturated heterocycles. The second kappa shape index (κ2) is 6.99. The number of aryl methyl sites for hydroxylation is 1. The number of hydrogen-bond donors (Lipinski definition) is 1. The molecule has 6 heteroatoms. The molecule has 0 radical (unpaired) electrons. The summed E-state index contributed by atoms with van der Waals surface area (Å²) in [6, 6.07) is 14.1. The lowest BCUT2D eigenvalue weighted by atomic mass is 9.53. The van der Waals surface area contributed by atoms with Crippen LogP contribution in [0, 0.1) is 12.8 Å². The normalized spacial score (nSPS) is 23.8. The van der Waals surface area contributed by atoms with Crippen LogP contribution < -0.4 is 5.56 Å². The van der Waals surface area contributed by atoms with Gasteiger partial charge in [-0.15, -0.1) is 0 Å². The maximum atomic E-state index is 11.7. The zero-order valence-corrected chi connectivity index (χ0v) is 18.1. The Balaban J connectivity index is 1.66. The van der Waals surface area contributed by atoms with E-state index in [4.69, 9.17) is 14.5 Å². The van der Waals surface area contributed by atoms with Crippen molar-refractivity contribution >= 4 is 0 Å². The van der Waals surface area contributed by atoms with Crippen LogP contribution in [0.15, 0.2) is 64.2 Å². The van der Waals surface area contributed by atoms with Crippen LogP contribution in [0.1, 0.15) is 53.2 Å². The Labute approximate surface area is 185 Å². The third-order valence-electron chi connectivity index (χ3n) is 7.39. The molecule has 32 heavy (non-hydrogen) atoms. The molecule has 6 rings (SSSR count). The zero-order valence-electron chi connectivity index (χ0n) is 18.1. The fraction of sp³-hybridized carbons (Fsp3) is 0.308. The highest BCUT2D eigenvalue weighted by molar-refractivity contribution is 5.66. The second-order valence-corrected chi connectivity index (χ2v) is 9.05. The van der Waals surface area contributed by atoms with Crippen molar-refractivity contribution in [3.05, 3.63) is 99.2 Å². The first-order chi connectivity index (χ1) is 15.6. The lowest BCUT2D eigenvalue weighted by Gasteiger charge is -2.50. The number of H-pyrrole nitrogens is 1. The molecule has 0 fully saturated rings. The smallest absolute Gasteiger partial charge is 0.247 e. The van der Waals surface area contributed by atoms with Crippen molar-refractivity contribution in [3.63, 3.8) is 0 Å². The predicted molar refractivity (Wildman–Crippen MR) is 120 cm³/mol. The third kappa shape index (κ3) is 2.65. The van der Waals surface area contributed by atoms with Crippen molar-refractivity contribution in [1.82, 2.24) is 20.1 Å². The van der Waals surface area contributed by atoms with Gasteiger partial charge in [-0.05, 0) is 43.7 Å². The average molecular weight is 425 g/mol. The summed E-state index contributed by atoms with van der Waals surface area (Å²) in [5.74, 6) is 2.33. The van der Waals surface area contributed by atoms with Crippen LogP contribution in [0.3, 0.4) is 0 Å². The molecule has 0 bridgehead atoms. The van der Waals surface area contributed by atoms with Crippen LogP contribution in [0.4, 0.5) is 0 Å². The van der Waals surface area contributed by atoms with Gasteiger partial charge in [0.25, 0.3) is 0 Å². The number of nitrogens with zero attached hydrogens (tertiary/aromatic N) is 3. The minimum Gasteiger partial charge on any atom is -0.361 e. The molecule has 0 saturated carbocycles. The maximum absolute atomic E-state index is 11.7. The summed E-state index contributed by atoms with van der Waals surface area (Å²) in [5, 5.41) is 4.14. The van der Waals surface area contributed by atoms with E-state index in [-0.39, 0.29) is 16.9 Å². The number of hydrogen-bond acceptors (Lipinski definition) is 5. The second-order valence-electron chi connectivity index (χ2n) is 9.05. The lowest BCUT2D eigenvalue weighted by molar-refractivity contribution is 0.188. The number of fused-ring (bicyclic) bond motifs is 4. The molecule has 0 aliphatic heterocycles. The molecular weight excluding hydrogens is 400 g/mol. The summed E-state index contributed by atoms with van der Waals surface area (Å²) in [4.78, 5) is 24.4. The van der Waals surface area contributed by atoms with Crippen molar-refractivity contribution in [2.45, 2.75) is 44.4 Å². The molecule has 1 aromatic carbocycles. The van der Waals surface area contributed by atoms with E-state index in [1.165, 1.54) is 11.1 Å². The minimum absolute atomic E-state index is 0.115. The topological polar surface area (TPSA) is 84.7 Å². The third-order valence-corrected chi connectivity index (χ3v) is 7.39. The fourth-order valence-electron chi connectivity index (χ4n) is 6.06. The van der Waals surface area contributed by atoms with E-state index in [2.05, 4.69) is 47.4 Å². The number of rotatable bonds is 2. The Morgan fingerprint density at radius 3 is 2.75 bits per heavy atom. The van der Waals surface area contributed by atoms with Crippen LogP contribution in [0.2, 0.25) is 0 Å². The molecule has 1 N–H and O–H groups in total. The van der Waals surface area contributed by atoms with Crippen molar-refractivity contribution < 1.29 is 4.52 Å². The molecule has 2 aliphatic rings. The molecule has 2 aliphatic carbocycles. The zero-order chi connectivity index (χ0) is 21.9. The quantitative estimate of drug-likeness (QED) is 0.518. The Morgan fingerprint density at radius 2 is 1.97 bits per heavy atom.